The third-order valence-electron chi connectivity index (χ3n) is 5.86. The first-order valence-corrected chi connectivity index (χ1v) is 11.4. The third-order valence-corrected chi connectivity index (χ3v) is 6.86. The highest BCUT2D eigenvalue weighted by atomic mass is 32.1. The van der Waals surface area contributed by atoms with Gasteiger partial charge in [-0.15, -0.1) is 11.3 Å². The zero-order valence-corrected chi connectivity index (χ0v) is 19.6. The van der Waals surface area contributed by atoms with Crippen LogP contribution in [0.2, 0.25) is 0 Å². The van der Waals surface area contributed by atoms with Crippen LogP contribution in [0.3, 0.4) is 0 Å². The van der Waals surface area contributed by atoms with Crippen LogP contribution in [0.25, 0.3) is 21.3 Å². The number of benzene rings is 1. The second kappa shape index (κ2) is 8.80. The monoisotopic (exact) mass is 411 g/mol. The molecule has 29 heavy (non-hydrogen) atoms. The lowest BCUT2D eigenvalue weighted by molar-refractivity contribution is 0.286. The van der Waals surface area contributed by atoms with Gasteiger partial charge in [0.1, 0.15) is 10.7 Å². The van der Waals surface area contributed by atoms with Crippen molar-refractivity contribution < 1.29 is 0 Å². The van der Waals surface area contributed by atoms with Gasteiger partial charge in [-0.05, 0) is 50.6 Å². The van der Waals surface area contributed by atoms with Gasteiger partial charge in [0.05, 0.1) is 5.39 Å². The van der Waals surface area contributed by atoms with Crippen molar-refractivity contribution in [2.75, 3.05) is 19.6 Å². The quantitative estimate of drug-likeness (QED) is 0.514. The lowest BCUT2D eigenvalue weighted by atomic mass is 9.99. The van der Waals surface area contributed by atoms with Gasteiger partial charge >= 0.3 is 0 Å². The summed E-state index contributed by atoms with van der Waals surface area (Å²) in [6.07, 6.45) is 0. The zero-order valence-electron chi connectivity index (χ0n) is 18.8. The Hall–Kier alpha value is -1.98. The molecule has 156 valence electrons. The normalized spacial score (nSPS) is 11.9. The fourth-order valence-corrected chi connectivity index (χ4v) is 4.94. The summed E-state index contributed by atoms with van der Waals surface area (Å²) in [6.45, 7) is 18.4. The minimum absolute atomic E-state index is 0.100. The molecule has 2 heterocycles. The molecule has 4 nitrogen and oxygen atoms in total. The van der Waals surface area contributed by atoms with Crippen molar-refractivity contribution >= 4 is 21.6 Å². The maximum absolute atomic E-state index is 13.7. The standard InChI is InChI=1S/C24H33N3OS/c1-8-26(9-2)12-13-27-22(15(3)4)25-23-21(24(27)28)20(18(7)29-23)19-11-10-16(5)17(6)14-19/h10-11,14-15H,8-9,12-13H2,1-7H3. The van der Waals surface area contributed by atoms with E-state index in [1.165, 1.54) is 11.1 Å². The molecule has 1 aromatic carbocycles. The van der Waals surface area contributed by atoms with E-state index >= 15 is 0 Å². The van der Waals surface area contributed by atoms with Crippen LogP contribution in [-0.4, -0.2) is 34.1 Å². The van der Waals surface area contributed by atoms with Crippen LogP contribution < -0.4 is 5.56 Å². The first kappa shape index (κ1) is 21.7. The lowest BCUT2D eigenvalue weighted by Crippen LogP contribution is -2.33. The van der Waals surface area contributed by atoms with Gasteiger partial charge in [0, 0.05) is 29.4 Å². The summed E-state index contributed by atoms with van der Waals surface area (Å²) < 4.78 is 1.92. The zero-order chi connectivity index (χ0) is 21.3. The summed E-state index contributed by atoms with van der Waals surface area (Å²) in [6, 6.07) is 6.47. The number of nitrogens with zero attached hydrogens (tertiary/aromatic N) is 3. The van der Waals surface area contributed by atoms with Crippen molar-refractivity contribution in [3.05, 3.63) is 50.4 Å². The molecular weight excluding hydrogens is 378 g/mol. The maximum atomic E-state index is 13.7. The number of hydrogen-bond donors (Lipinski definition) is 0. The molecule has 0 atom stereocenters. The van der Waals surface area contributed by atoms with E-state index in [1.54, 1.807) is 11.3 Å². The molecule has 0 bridgehead atoms. The SMILES string of the molecule is CCN(CC)CCn1c(C(C)C)nc2sc(C)c(-c3ccc(C)c(C)c3)c2c1=O. The number of thiophene rings is 1. The Balaban J connectivity index is 2.22. The molecule has 0 radical (unpaired) electrons. The molecule has 0 aliphatic heterocycles. The van der Waals surface area contributed by atoms with Gasteiger partial charge in [-0.3, -0.25) is 9.36 Å². The highest BCUT2D eigenvalue weighted by Crippen LogP contribution is 2.36. The summed E-state index contributed by atoms with van der Waals surface area (Å²) >= 11 is 1.64. The summed E-state index contributed by atoms with van der Waals surface area (Å²) in [5, 5.41) is 0.778. The topological polar surface area (TPSA) is 38.1 Å². The number of likely N-dealkylation sites (N-methyl/N-ethyl adjacent to an activating group) is 1. The highest BCUT2D eigenvalue weighted by molar-refractivity contribution is 7.19. The van der Waals surface area contributed by atoms with Gasteiger partial charge in [-0.1, -0.05) is 45.9 Å². The first-order chi connectivity index (χ1) is 13.8. The Morgan fingerprint density at radius 3 is 2.38 bits per heavy atom. The molecule has 0 aliphatic carbocycles. The van der Waals surface area contributed by atoms with E-state index in [4.69, 9.17) is 4.98 Å². The van der Waals surface area contributed by atoms with Gasteiger partial charge in [0.15, 0.2) is 0 Å². The molecule has 0 saturated heterocycles. The number of aryl methyl sites for hydroxylation is 3. The maximum Gasteiger partial charge on any atom is 0.262 e. The number of rotatable bonds is 7. The Bertz CT molecular complexity index is 1070. The first-order valence-electron chi connectivity index (χ1n) is 10.6. The van der Waals surface area contributed by atoms with Crippen LogP contribution >= 0.6 is 11.3 Å². The van der Waals surface area contributed by atoms with Crippen LogP contribution in [-0.2, 0) is 6.54 Å². The van der Waals surface area contributed by atoms with Crippen LogP contribution in [0.5, 0.6) is 0 Å². The largest absolute Gasteiger partial charge is 0.302 e. The van der Waals surface area contributed by atoms with Crippen molar-refractivity contribution in [2.45, 2.75) is 60.9 Å². The summed E-state index contributed by atoms with van der Waals surface area (Å²) in [5.74, 6) is 1.10. The molecule has 0 unspecified atom stereocenters. The second-order valence-electron chi connectivity index (χ2n) is 8.12. The van der Waals surface area contributed by atoms with Gasteiger partial charge in [0.2, 0.25) is 0 Å². The van der Waals surface area contributed by atoms with Crippen molar-refractivity contribution in [1.82, 2.24) is 14.5 Å². The summed E-state index contributed by atoms with van der Waals surface area (Å²) in [7, 11) is 0. The second-order valence-corrected chi connectivity index (χ2v) is 9.32. The van der Waals surface area contributed by atoms with E-state index in [1.807, 2.05) is 4.57 Å². The van der Waals surface area contributed by atoms with Crippen LogP contribution in [0.1, 0.15) is 55.4 Å². The minimum Gasteiger partial charge on any atom is -0.302 e. The smallest absolute Gasteiger partial charge is 0.262 e. The molecule has 5 heteroatoms. The van der Waals surface area contributed by atoms with Crippen LogP contribution in [0, 0.1) is 20.8 Å². The number of fused-ring (bicyclic) bond motifs is 1. The van der Waals surface area contributed by atoms with Gasteiger partial charge in [0.25, 0.3) is 5.56 Å². The highest BCUT2D eigenvalue weighted by Gasteiger charge is 2.21. The number of aromatic nitrogens is 2. The summed E-state index contributed by atoms with van der Waals surface area (Å²) in [4.78, 5) is 23.1. The average molecular weight is 412 g/mol. The van der Waals surface area contributed by atoms with E-state index in [9.17, 15) is 4.79 Å². The van der Waals surface area contributed by atoms with Crippen LogP contribution in [0.4, 0.5) is 0 Å². The van der Waals surface area contributed by atoms with E-state index < -0.39 is 0 Å². The predicted molar refractivity (Wildman–Crippen MR) is 125 cm³/mol. The van der Waals surface area contributed by atoms with Crippen molar-refractivity contribution in [2.24, 2.45) is 0 Å². The van der Waals surface area contributed by atoms with Crippen LogP contribution in [0.15, 0.2) is 23.0 Å². The molecular formula is C24H33N3OS. The van der Waals surface area contributed by atoms with E-state index in [0.29, 0.717) is 6.54 Å². The van der Waals surface area contributed by atoms with E-state index in [2.05, 4.69) is 71.6 Å². The average Bonchev–Trinajstić information content (AvgIpc) is 3.02. The fraction of sp³-hybridized carbons (Fsp3) is 0.500. The van der Waals surface area contributed by atoms with E-state index in [0.717, 1.165) is 51.7 Å². The molecule has 0 fully saturated rings. The van der Waals surface area contributed by atoms with Gasteiger partial charge in [-0.25, -0.2) is 4.98 Å². The molecule has 0 amide bonds. The molecule has 3 aromatic rings. The Labute approximate surface area is 178 Å². The fourth-order valence-electron chi connectivity index (χ4n) is 3.89. The van der Waals surface area contributed by atoms with Gasteiger partial charge in [-0.2, -0.15) is 0 Å². The Kier molecular flexibility index (Phi) is 6.59. The molecule has 0 aliphatic rings. The minimum atomic E-state index is 0.100. The molecule has 0 saturated carbocycles. The molecule has 3 rings (SSSR count). The molecule has 2 aromatic heterocycles. The van der Waals surface area contributed by atoms with Crippen molar-refractivity contribution in [3.63, 3.8) is 0 Å². The Morgan fingerprint density at radius 2 is 1.79 bits per heavy atom. The number of hydrogen-bond acceptors (Lipinski definition) is 4. The molecule has 0 spiro atoms. The Morgan fingerprint density at radius 1 is 1.10 bits per heavy atom. The lowest BCUT2D eigenvalue weighted by Gasteiger charge is -2.21. The molecule has 0 N–H and O–H groups in total. The van der Waals surface area contributed by atoms with E-state index in [-0.39, 0.29) is 11.5 Å². The van der Waals surface area contributed by atoms with Gasteiger partial charge < -0.3 is 4.90 Å². The third kappa shape index (κ3) is 4.17. The predicted octanol–water partition coefficient (Wildman–Crippen LogP) is 5.52. The van der Waals surface area contributed by atoms with Crippen molar-refractivity contribution in [1.29, 1.82) is 0 Å². The van der Waals surface area contributed by atoms with Crippen molar-refractivity contribution in [3.8, 4) is 11.1 Å². The summed E-state index contributed by atoms with van der Waals surface area (Å²) in [5.41, 5.74) is 4.78.